The lowest BCUT2D eigenvalue weighted by atomic mass is 9.82. The Morgan fingerprint density at radius 1 is 1.07 bits per heavy atom. The minimum Gasteiger partial charge on any atom is -0.376 e. The van der Waals surface area contributed by atoms with E-state index in [1.54, 1.807) is 17.9 Å². The normalized spacial score (nSPS) is 26.2. The smallest absolute Gasteiger partial charge is 0.276 e. The van der Waals surface area contributed by atoms with Crippen LogP contribution in [0.25, 0.3) is 0 Å². The third-order valence-electron chi connectivity index (χ3n) is 9.24. The highest BCUT2D eigenvalue weighted by Gasteiger charge is 2.41. The SMILES string of the molecule is Cc1cccc(C(=O)N(CC2CCCO2)C2CCN(C(=O)c3cc(C)on3)[C@@H](C(=O)NCC3CCC(CN)CC3)C2)c1. The second-order valence-electron chi connectivity index (χ2n) is 12.3. The molecule has 1 aliphatic carbocycles. The van der Waals surface area contributed by atoms with Crippen LogP contribution in [0.4, 0.5) is 0 Å². The number of nitrogens with zero attached hydrogens (tertiary/aromatic N) is 3. The highest BCUT2D eigenvalue weighted by atomic mass is 16.5. The number of carbonyl (C=O) groups is 3. The molecular weight excluding hydrogens is 534 g/mol. The van der Waals surface area contributed by atoms with Crippen LogP contribution in [0, 0.1) is 25.7 Å². The molecule has 3 heterocycles. The van der Waals surface area contributed by atoms with Crippen LogP contribution < -0.4 is 11.1 Å². The first-order chi connectivity index (χ1) is 20.3. The first-order valence-corrected chi connectivity index (χ1v) is 15.5. The molecule has 1 aromatic heterocycles. The van der Waals surface area contributed by atoms with Crippen LogP contribution in [0.3, 0.4) is 0 Å². The van der Waals surface area contributed by atoms with Gasteiger partial charge in [-0.3, -0.25) is 14.4 Å². The maximum absolute atomic E-state index is 13.9. The van der Waals surface area contributed by atoms with Gasteiger partial charge in [-0.05, 0) is 95.7 Å². The number of hydrogen-bond acceptors (Lipinski definition) is 7. The molecule has 10 nitrogen and oxygen atoms in total. The maximum atomic E-state index is 13.9. The van der Waals surface area contributed by atoms with E-state index < -0.39 is 6.04 Å². The van der Waals surface area contributed by atoms with Crippen molar-refractivity contribution in [1.29, 1.82) is 0 Å². The first kappa shape index (κ1) is 30.2. The number of amides is 3. The molecule has 5 rings (SSSR count). The second kappa shape index (κ2) is 13.8. The number of benzene rings is 1. The summed E-state index contributed by atoms with van der Waals surface area (Å²) in [6, 6.07) is 8.26. The molecule has 3 fully saturated rings. The largest absolute Gasteiger partial charge is 0.376 e. The molecule has 3 amide bonds. The fraction of sp³-hybridized carbons (Fsp3) is 0.625. The number of likely N-dealkylation sites (tertiary alicyclic amines) is 1. The molecular formula is C32H45N5O5. The van der Waals surface area contributed by atoms with Crippen molar-refractivity contribution in [1.82, 2.24) is 20.3 Å². The zero-order valence-electron chi connectivity index (χ0n) is 24.9. The molecule has 2 unspecified atom stereocenters. The molecule has 10 heteroatoms. The van der Waals surface area contributed by atoms with Crippen LogP contribution in [0.5, 0.6) is 0 Å². The lowest BCUT2D eigenvalue weighted by Gasteiger charge is -2.43. The number of piperidine rings is 1. The monoisotopic (exact) mass is 579 g/mol. The van der Waals surface area contributed by atoms with E-state index in [-0.39, 0.29) is 35.6 Å². The Morgan fingerprint density at radius 3 is 2.52 bits per heavy atom. The Bertz CT molecular complexity index is 1230. The fourth-order valence-corrected chi connectivity index (χ4v) is 6.72. The molecule has 3 atom stereocenters. The van der Waals surface area contributed by atoms with E-state index in [2.05, 4.69) is 10.5 Å². The number of ether oxygens (including phenoxy) is 1. The minimum atomic E-state index is -0.731. The summed E-state index contributed by atoms with van der Waals surface area (Å²) < 4.78 is 11.1. The lowest BCUT2D eigenvalue weighted by molar-refractivity contribution is -0.127. The van der Waals surface area contributed by atoms with Gasteiger partial charge in [0.2, 0.25) is 5.91 Å². The molecule has 0 bridgehead atoms. The van der Waals surface area contributed by atoms with Crippen LogP contribution in [0.1, 0.15) is 83.5 Å². The van der Waals surface area contributed by atoms with E-state index in [1.165, 1.54) is 0 Å². The zero-order valence-corrected chi connectivity index (χ0v) is 24.9. The Labute approximate surface area is 248 Å². The van der Waals surface area contributed by atoms with Crippen molar-refractivity contribution < 1.29 is 23.6 Å². The Hall–Kier alpha value is -3.24. The van der Waals surface area contributed by atoms with E-state index in [0.29, 0.717) is 68.8 Å². The molecule has 3 aliphatic rings. The molecule has 1 saturated carbocycles. The average Bonchev–Trinajstić information content (AvgIpc) is 3.70. The Kier molecular flexibility index (Phi) is 9.95. The van der Waals surface area contributed by atoms with E-state index >= 15 is 0 Å². The van der Waals surface area contributed by atoms with E-state index in [4.69, 9.17) is 15.0 Å². The third kappa shape index (κ3) is 7.21. The number of carbonyl (C=O) groups excluding carboxylic acids is 3. The van der Waals surface area contributed by atoms with Crippen molar-refractivity contribution in [2.45, 2.75) is 83.4 Å². The van der Waals surface area contributed by atoms with E-state index in [0.717, 1.165) is 44.1 Å². The molecule has 3 N–H and O–H groups in total. The fourth-order valence-electron chi connectivity index (χ4n) is 6.72. The predicted octanol–water partition coefficient (Wildman–Crippen LogP) is 3.47. The molecule has 0 radical (unpaired) electrons. The van der Waals surface area contributed by atoms with Gasteiger partial charge in [0.25, 0.3) is 11.8 Å². The van der Waals surface area contributed by atoms with Crippen LogP contribution in [0.2, 0.25) is 0 Å². The molecule has 2 aliphatic heterocycles. The highest BCUT2D eigenvalue weighted by Crippen LogP contribution is 2.29. The van der Waals surface area contributed by atoms with Crippen molar-refractivity contribution in [3.05, 3.63) is 52.9 Å². The van der Waals surface area contributed by atoms with Crippen molar-refractivity contribution in [3.8, 4) is 0 Å². The summed E-state index contributed by atoms with van der Waals surface area (Å²) in [6.45, 7) is 6.48. The van der Waals surface area contributed by atoms with Gasteiger partial charge in [-0.25, -0.2) is 0 Å². The average molecular weight is 580 g/mol. The predicted molar refractivity (Wildman–Crippen MR) is 158 cm³/mol. The van der Waals surface area contributed by atoms with Crippen LogP contribution >= 0.6 is 0 Å². The van der Waals surface area contributed by atoms with Crippen LogP contribution in [0.15, 0.2) is 34.9 Å². The van der Waals surface area contributed by atoms with Gasteiger partial charge in [-0.15, -0.1) is 0 Å². The summed E-state index contributed by atoms with van der Waals surface area (Å²) in [6.07, 6.45) is 6.98. The van der Waals surface area contributed by atoms with Gasteiger partial charge in [0, 0.05) is 43.9 Å². The summed E-state index contributed by atoms with van der Waals surface area (Å²) in [5.41, 5.74) is 7.69. The number of aromatic nitrogens is 1. The Morgan fingerprint density at radius 2 is 1.86 bits per heavy atom. The van der Waals surface area contributed by atoms with E-state index in [9.17, 15) is 14.4 Å². The topological polar surface area (TPSA) is 131 Å². The van der Waals surface area contributed by atoms with Gasteiger partial charge in [0.05, 0.1) is 6.10 Å². The van der Waals surface area contributed by atoms with Gasteiger partial charge in [-0.1, -0.05) is 22.9 Å². The number of aryl methyl sites for hydroxylation is 2. The van der Waals surface area contributed by atoms with Gasteiger partial charge in [0.1, 0.15) is 11.8 Å². The second-order valence-corrected chi connectivity index (χ2v) is 12.3. The molecule has 1 aromatic carbocycles. The number of rotatable bonds is 9. The molecule has 2 aromatic rings. The highest BCUT2D eigenvalue weighted by molar-refractivity contribution is 5.97. The van der Waals surface area contributed by atoms with Crippen molar-refractivity contribution in [2.75, 3.05) is 32.8 Å². The quantitative estimate of drug-likeness (QED) is 0.465. The first-order valence-electron chi connectivity index (χ1n) is 15.5. The number of hydrogen-bond donors (Lipinski definition) is 2. The number of nitrogens with one attached hydrogen (secondary N) is 1. The van der Waals surface area contributed by atoms with Gasteiger partial charge in [-0.2, -0.15) is 0 Å². The molecule has 2 saturated heterocycles. The third-order valence-corrected chi connectivity index (χ3v) is 9.24. The van der Waals surface area contributed by atoms with Gasteiger partial charge >= 0.3 is 0 Å². The van der Waals surface area contributed by atoms with E-state index in [1.807, 2.05) is 36.1 Å². The summed E-state index contributed by atoms with van der Waals surface area (Å²) in [5.74, 6) is 0.919. The van der Waals surface area contributed by atoms with Crippen LogP contribution in [-0.4, -0.2) is 83.7 Å². The summed E-state index contributed by atoms with van der Waals surface area (Å²) >= 11 is 0. The standard InChI is InChI=1S/C32H45N5O5/c1-21-5-3-6-25(15-21)31(39)37(20-27-7-4-14-41-27)26-12-13-36(32(40)28-16-22(2)42-35-28)29(17-26)30(38)34-19-24-10-8-23(18-33)9-11-24/h3,5-6,15-16,23-24,26-27,29H,4,7-14,17-20,33H2,1-2H3,(H,34,38)/t23?,24?,26?,27?,29-/m1/s1. The molecule has 42 heavy (non-hydrogen) atoms. The Balaban J connectivity index is 1.35. The van der Waals surface area contributed by atoms with Crippen molar-refractivity contribution in [3.63, 3.8) is 0 Å². The minimum absolute atomic E-state index is 0.0348. The summed E-state index contributed by atoms with van der Waals surface area (Å²) in [5, 5.41) is 7.09. The lowest BCUT2D eigenvalue weighted by Crippen LogP contribution is -2.59. The van der Waals surface area contributed by atoms with Crippen LogP contribution in [-0.2, 0) is 9.53 Å². The van der Waals surface area contributed by atoms with Crippen molar-refractivity contribution in [2.24, 2.45) is 17.6 Å². The molecule has 0 spiro atoms. The maximum Gasteiger partial charge on any atom is 0.276 e. The summed E-state index contributed by atoms with van der Waals surface area (Å²) in [7, 11) is 0. The zero-order chi connectivity index (χ0) is 29.6. The molecule has 228 valence electrons. The van der Waals surface area contributed by atoms with Crippen molar-refractivity contribution >= 4 is 17.7 Å². The summed E-state index contributed by atoms with van der Waals surface area (Å²) in [4.78, 5) is 44.8. The van der Waals surface area contributed by atoms with Gasteiger partial charge in [0.15, 0.2) is 5.69 Å². The van der Waals surface area contributed by atoms with Gasteiger partial charge < -0.3 is 30.1 Å². The number of nitrogens with two attached hydrogens (primary N) is 1.